The molecular formula is C15H23N3O2. The van der Waals surface area contributed by atoms with E-state index in [1.807, 2.05) is 20.0 Å². The zero-order chi connectivity index (χ0) is 14.5. The molecule has 0 spiro atoms. The first-order chi connectivity index (χ1) is 9.61. The van der Waals surface area contributed by atoms with Crippen molar-refractivity contribution in [2.24, 2.45) is 5.92 Å². The molecule has 1 atom stereocenters. The highest BCUT2D eigenvalue weighted by Gasteiger charge is 2.23. The molecule has 20 heavy (non-hydrogen) atoms. The Morgan fingerprint density at radius 1 is 1.45 bits per heavy atom. The lowest BCUT2D eigenvalue weighted by Crippen LogP contribution is -2.40. The summed E-state index contributed by atoms with van der Waals surface area (Å²) in [7, 11) is 1.81. The van der Waals surface area contributed by atoms with Crippen molar-refractivity contribution in [3.8, 4) is 0 Å². The van der Waals surface area contributed by atoms with Gasteiger partial charge in [0.2, 0.25) is 0 Å². The van der Waals surface area contributed by atoms with Crippen LogP contribution in [0.15, 0.2) is 12.3 Å². The highest BCUT2D eigenvalue weighted by Crippen LogP contribution is 2.20. The van der Waals surface area contributed by atoms with Gasteiger partial charge < -0.3 is 15.4 Å². The fourth-order valence-electron chi connectivity index (χ4n) is 2.57. The zero-order valence-electron chi connectivity index (χ0n) is 12.4. The number of hydrogen-bond acceptors (Lipinski definition) is 4. The molecule has 2 N–H and O–H groups in total. The monoisotopic (exact) mass is 277 g/mol. The number of amides is 1. The fourth-order valence-corrected chi connectivity index (χ4v) is 2.57. The number of nitrogens with zero attached hydrogens (tertiary/aromatic N) is 1. The Morgan fingerprint density at radius 2 is 2.15 bits per heavy atom. The second kappa shape index (κ2) is 6.70. The van der Waals surface area contributed by atoms with Gasteiger partial charge in [-0.05, 0) is 38.7 Å². The van der Waals surface area contributed by atoms with E-state index in [-0.39, 0.29) is 11.9 Å². The Morgan fingerprint density at radius 3 is 2.80 bits per heavy atom. The summed E-state index contributed by atoms with van der Waals surface area (Å²) in [4.78, 5) is 16.6. The Labute approximate surface area is 120 Å². The van der Waals surface area contributed by atoms with Crippen LogP contribution in [0.2, 0.25) is 0 Å². The molecule has 0 radical (unpaired) electrons. The van der Waals surface area contributed by atoms with Crippen molar-refractivity contribution in [2.45, 2.75) is 32.7 Å². The first kappa shape index (κ1) is 14.8. The summed E-state index contributed by atoms with van der Waals surface area (Å²) in [6, 6.07) is 2.03. The number of rotatable bonds is 4. The predicted octanol–water partition coefficient (Wildman–Crippen LogP) is 1.98. The summed E-state index contributed by atoms with van der Waals surface area (Å²) in [5, 5.41) is 6.13. The normalized spacial score (nSPS) is 17.6. The number of anilines is 1. The number of hydrogen-bond donors (Lipinski definition) is 2. The van der Waals surface area contributed by atoms with Crippen molar-refractivity contribution in [3.05, 3.63) is 23.5 Å². The number of carbonyl (C=O) groups excluding carboxylic acids is 1. The summed E-state index contributed by atoms with van der Waals surface area (Å²) in [6.07, 6.45) is 3.65. The first-order valence-corrected chi connectivity index (χ1v) is 7.15. The molecule has 1 saturated heterocycles. The van der Waals surface area contributed by atoms with Crippen LogP contribution >= 0.6 is 0 Å². The number of ether oxygens (including phenoxy) is 1. The molecule has 1 unspecified atom stereocenters. The second-order valence-corrected chi connectivity index (χ2v) is 5.33. The van der Waals surface area contributed by atoms with Crippen LogP contribution in [0, 0.1) is 12.8 Å². The predicted molar refractivity (Wildman–Crippen MR) is 79.0 cm³/mol. The van der Waals surface area contributed by atoms with E-state index in [1.54, 1.807) is 6.20 Å². The minimum absolute atomic E-state index is 0.0687. The molecule has 5 heteroatoms. The summed E-state index contributed by atoms with van der Waals surface area (Å²) in [6.45, 7) is 5.55. The minimum atomic E-state index is -0.0687. The SMILES string of the molecule is CNc1cc(C)ncc1C(=O)NC(C)C1CCOCC1. The van der Waals surface area contributed by atoms with Crippen molar-refractivity contribution in [1.29, 1.82) is 0 Å². The Bertz CT molecular complexity index is 470. The van der Waals surface area contributed by atoms with Gasteiger partial charge in [0.15, 0.2) is 0 Å². The van der Waals surface area contributed by atoms with Gasteiger partial charge in [0.05, 0.1) is 11.3 Å². The van der Waals surface area contributed by atoms with Gasteiger partial charge in [-0.3, -0.25) is 9.78 Å². The average Bonchev–Trinajstić information content (AvgIpc) is 2.47. The summed E-state index contributed by atoms with van der Waals surface area (Å²) in [5.41, 5.74) is 2.30. The van der Waals surface area contributed by atoms with Gasteiger partial charge >= 0.3 is 0 Å². The van der Waals surface area contributed by atoms with Crippen LogP contribution in [0.5, 0.6) is 0 Å². The van der Waals surface area contributed by atoms with E-state index in [9.17, 15) is 4.79 Å². The molecule has 0 saturated carbocycles. The molecule has 0 aliphatic carbocycles. The van der Waals surface area contributed by atoms with Crippen LogP contribution in [0.25, 0.3) is 0 Å². The molecule has 1 aromatic rings. The molecule has 1 aliphatic heterocycles. The highest BCUT2D eigenvalue weighted by molar-refractivity contribution is 5.99. The number of aryl methyl sites for hydroxylation is 1. The third-order valence-electron chi connectivity index (χ3n) is 3.89. The van der Waals surface area contributed by atoms with E-state index in [2.05, 4.69) is 22.5 Å². The molecular weight excluding hydrogens is 254 g/mol. The fraction of sp³-hybridized carbons (Fsp3) is 0.600. The molecule has 1 aliphatic rings. The van der Waals surface area contributed by atoms with Crippen LogP contribution in [0.1, 0.15) is 35.8 Å². The molecule has 1 fully saturated rings. The lowest BCUT2D eigenvalue weighted by Gasteiger charge is -2.28. The maximum Gasteiger partial charge on any atom is 0.255 e. The quantitative estimate of drug-likeness (QED) is 0.883. The Balaban J connectivity index is 2.03. The summed E-state index contributed by atoms with van der Waals surface area (Å²) in [5.74, 6) is 0.421. The van der Waals surface area contributed by atoms with Gasteiger partial charge in [-0.1, -0.05) is 0 Å². The van der Waals surface area contributed by atoms with E-state index in [0.29, 0.717) is 11.5 Å². The molecule has 110 valence electrons. The molecule has 1 amide bonds. The zero-order valence-corrected chi connectivity index (χ0v) is 12.4. The maximum atomic E-state index is 12.4. The Kier molecular flexibility index (Phi) is 4.95. The van der Waals surface area contributed by atoms with E-state index >= 15 is 0 Å². The summed E-state index contributed by atoms with van der Waals surface area (Å²) < 4.78 is 5.36. The molecule has 5 nitrogen and oxygen atoms in total. The van der Waals surface area contributed by atoms with Crippen LogP contribution in [0.3, 0.4) is 0 Å². The van der Waals surface area contributed by atoms with Crippen LogP contribution in [0.4, 0.5) is 5.69 Å². The van der Waals surface area contributed by atoms with Crippen molar-refractivity contribution in [3.63, 3.8) is 0 Å². The first-order valence-electron chi connectivity index (χ1n) is 7.15. The van der Waals surface area contributed by atoms with Crippen LogP contribution in [-0.4, -0.2) is 37.2 Å². The third-order valence-corrected chi connectivity index (χ3v) is 3.89. The van der Waals surface area contributed by atoms with Gasteiger partial charge in [0.25, 0.3) is 5.91 Å². The summed E-state index contributed by atoms with van der Waals surface area (Å²) >= 11 is 0. The van der Waals surface area contributed by atoms with Crippen molar-refractivity contribution in [2.75, 3.05) is 25.6 Å². The largest absolute Gasteiger partial charge is 0.387 e. The third kappa shape index (κ3) is 3.48. The lowest BCUT2D eigenvalue weighted by atomic mass is 9.93. The molecule has 2 rings (SSSR count). The highest BCUT2D eigenvalue weighted by atomic mass is 16.5. The number of aromatic nitrogens is 1. The topological polar surface area (TPSA) is 63.2 Å². The number of nitrogens with one attached hydrogen (secondary N) is 2. The Hall–Kier alpha value is -1.62. The van der Waals surface area contributed by atoms with Crippen molar-refractivity contribution >= 4 is 11.6 Å². The maximum absolute atomic E-state index is 12.4. The van der Waals surface area contributed by atoms with Gasteiger partial charge in [0, 0.05) is 38.2 Å². The van der Waals surface area contributed by atoms with Crippen LogP contribution in [-0.2, 0) is 4.74 Å². The molecule has 1 aromatic heterocycles. The smallest absolute Gasteiger partial charge is 0.255 e. The van der Waals surface area contributed by atoms with Gasteiger partial charge in [-0.2, -0.15) is 0 Å². The van der Waals surface area contributed by atoms with Gasteiger partial charge in [-0.15, -0.1) is 0 Å². The van der Waals surface area contributed by atoms with E-state index in [1.165, 1.54) is 0 Å². The number of carbonyl (C=O) groups is 1. The van der Waals surface area contributed by atoms with E-state index < -0.39 is 0 Å². The minimum Gasteiger partial charge on any atom is -0.387 e. The van der Waals surface area contributed by atoms with Gasteiger partial charge in [0.1, 0.15) is 0 Å². The molecule has 2 heterocycles. The lowest BCUT2D eigenvalue weighted by molar-refractivity contribution is 0.0538. The van der Waals surface area contributed by atoms with Crippen LogP contribution < -0.4 is 10.6 Å². The standard InChI is InChI=1S/C15H23N3O2/c1-10-8-14(16-3)13(9-17-10)15(19)18-11(2)12-4-6-20-7-5-12/h8-9,11-12H,4-7H2,1-3H3,(H,16,17)(H,18,19). The van der Waals surface area contributed by atoms with E-state index in [4.69, 9.17) is 4.74 Å². The molecule has 0 aromatic carbocycles. The second-order valence-electron chi connectivity index (χ2n) is 5.33. The van der Waals surface area contributed by atoms with Crippen molar-refractivity contribution in [1.82, 2.24) is 10.3 Å². The van der Waals surface area contributed by atoms with Crippen molar-refractivity contribution < 1.29 is 9.53 Å². The van der Waals surface area contributed by atoms with E-state index in [0.717, 1.165) is 37.4 Å². The molecule has 0 bridgehead atoms. The number of pyridine rings is 1. The van der Waals surface area contributed by atoms with Gasteiger partial charge in [-0.25, -0.2) is 0 Å². The average molecular weight is 277 g/mol.